The summed E-state index contributed by atoms with van der Waals surface area (Å²) in [5.41, 5.74) is 0. The van der Waals surface area contributed by atoms with Crippen molar-refractivity contribution in [2.75, 3.05) is 6.61 Å². The highest BCUT2D eigenvalue weighted by molar-refractivity contribution is 7.17. The molecule has 0 aromatic carbocycles. The Morgan fingerprint density at radius 2 is 1.89 bits per heavy atom. The van der Waals surface area contributed by atoms with Crippen LogP contribution in [0.3, 0.4) is 0 Å². The van der Waals surface area contributed by atoms with Crippen LogP contribution < -0.4 is 0 Å². The standard InChI is InChI=1S/C6H15O2P/c7-5-3-1-2-4-6(8)9/h6-8H,1-5,9H2. The first-order chi connectivity index (χ1) is 4.27. The smallest absolute Gasteiger partial charge is 0.0673 e. The second-order valence-electron chi connectivity index (χ2n) is 2.14. The van der Waals surface area contributed by atoms with E-state index in [9.17, 15) is 0 Å². The number of hydrogen-bond acceptors (Lipinski definition) is 2. The van der Waals surface area contributed by atoms with Crippen molar-refractivity contribution in [3.8, 4) is 0 Å². The van der Waals surface area contributed by atoms with E-state index in [1.807, 2.05) is 0 Å². The summed E-state index contributed by atoms with van der Waals surface area (Å²) in [5, 5.41) is 17.1. The molecule has 3 heteroatoms. The lowest BCUT2D eigenvalue weighted by Gasteiger charge is -2.01. The summed E-state index contributed by atoms with van der Waals surface area (Å²) in [6.07, 6.45) is 3.70. The molecular formula is C6H15O2P. The van der Waals surface area contributed by atoms with E-state index in [1.165, 1.54) is 0 Å². The molecule has 56 valence electrons. The molecule has 0 spiro atoms. The predicted octanol–water partition coefficient (Wildman–Crippen LogP) is 0.733. The third-order valence-corrected chi connectivity index (χ3v) is 1.49. The van der Waals surface area contributed by atoms with E-state index in [0.717, 1.165) is 25.7 Å². The number of aliphatic hydroxyl groups is 2. The molecular weight excluding hydrogens is 135 g/mol. The zero-order valence-electron chi connectivity index (χ0n) is 5.58. The summed E-state index contributed by atoms with van der Waals surface area (Å²) in [5.74, 6) is -0.260. The Balaban J connectivity index is 2.75. The monoisotopic (exact) mass is 150 g/mol. The van der Waals surface area contributed by atoms with E-state index >= 15 is 0 Å². The van der Waals surface area contributed by atoms with Crippen LogP contribution in [0.2, 0.25) is 0 Å². The van der Waals surface area contributed by atoms with Crippen molar-refractivity contribution in [3.05, 3.63) is 0 Å². The van der Waals surface area contributed by atoms with Crippen molar-refractivity contribution < 1.29 is 10.2 Å². The van der Waals surface area contributed by atoms with E-state index in [2.05, 4.69) is 9.24 Å². The van der Waals surface area contributed by atoms with Gasteiger partial charge in [-0.05, 0) is 12.8 Å². The quantitative estimate of drug-likeness (QED) is 0.448. The van der Waals surface area contributed by atoms with Gasteiger partial charge in [-0.25, -0.2) is 0 Å². The van der Waals surface area contributed by atoms with Gasteiger partial charge in [-0.3, -0.25) is 0 Å². The summed E-state index contributed by atoms with van der Waals surface area (Å²) < 4.78 is 0. The largest absolute Gasteiger partial charge is 0.396 e. The van der Waals surface area contributed by atoms with Crippen molar-refractivity contribution in [1.29, 1.82) is 0 Å². The molecule has 0 radical (unpaired) electrons. The maximum Gasteiger partial charge on any atom is 0.0673 e. The zero-order chi connectivity index (χ0) is 7.11. The lowest BCUT2D eigenvalue weighted by atomic mass is 10.2. The normalized spacial score (nSPS) is 13.7. The Morgan fingerprint density at radius 3 is 2.33 bits per heavy atom. The van der Waals surface area contributed by atoms with Crippen LogP contribution in [0.5, 0.6) is 0 Å². The second kappa shape index (κ2) is 6.47. The fourth-order valence-electron chi connectivity index (χ4n) is 0.642. The van der Waals surface area contributed by atoms with E-state index < -0.39 is 0 Å². The molecule has 2 unspecified atom stereocenters. The fraction of sp³-hybridized carbons (Fsp3) is 1.00. The topological polar surface area (TPSA) is 40.5 Å². The van der Waals surface area contributed by atoms with Crippen LogP contribution in [-0.2, 0) is 0 Å². The van der Waals surface area contributed by atoms with Crippen LogP contribution >= 0.6 is 9.24 Å². The first-order valence-electron chi connectivity index (χ1n) is 3.32. The third-order valence-electron chi connectivity index (χ3n) is 1.16. The molecule has 0 aliphatic heterocycles. The van der Waals surface area contributed by atoms with Gasteiger partial charge in [0.15, 0.2) is 0 Å². The summed E-state index contributed by atoms with van der Waals surface area (Å²) in [6.45, 7) is 0.271. The van der Waals surface area contributed by atoms with Crippen molar-refractivity contribution in [1.82, 2.24) is 0 Å². The van der Waals surface area contributed by atoms with Crippen molar-refractivity contribution in [2.45, 2.75) is 31.5 Å². The van der Waals surface area contributed by atoms with Gasteiger partial charge in [0.05, 0.1) is 5.85 Å². The molecule has 0 amide bonds. The Kier molecular flexibility index (Phi) is 6.72. The van der Waals surface area contributed by atoms with E-state index in [-0.39, 0.29) is 12.5 Å². The minimum atomic E-state index is -0.260. The highest BCUT2D eigenvalue weighted by atomic mass is 31.0. The van der Waals surface area contributed by atoms with E-state index in [4.69, 9.17) is 10.2 Å². The van der Waals surface area contributed by atoms with Gasteiger partial charge in [-0.2, -0.15) is 0 Å². The Labute approximate surface area is 58.5 Å². The average molecular weight is 150 g/mol. The van der Waals surface area contributed by atoms with Gasteiger partial charge >= 0.3 is 0 Å². The minimum Gasteiger partial charge on any atom is -0.396 e. The van der Waals surface area contributed by atoms with Crippen molar-refractivity contribution in [2.24, 2.45) is 0 Å². The molecule has 0 aromatic heterocycles. The molecule has 2 N–H and O–H groups in total. The fourth-order valence-corrected chi connectivity index (χ4v) is 0.878. The van der Waals surface area contributed by atoms with E-state index in [1.54, 1.807) is 0 Å². The van der Waals surface area contributed by atoms with Gasteiger partial charge in [-0.1, -0.05) is 12.8 Å². The maximum atomic E-state index is 8.75. The Hall–Kier alpha value is 0.350. The molecule has 2 atom stereocenters. The highest BCUT2D eigenvalue weighted by Gasteiger charge is 1.93. The number of aliphatic hydroxyl groups excluding tert-OH is 2. The molecule has 0 saturated heterocycles. The molecule has 0 aromatic rings. The molecule has 0 fully saturated rings. The first-order valence-corrected chi connectivity index (χ1v) is 3.98. The SMILES string of the molecule is OCCCCCC(O)P. The molecule has 0 rings (SSSR count). The molecule has 0 aliphatic carbocycles. The summed E-state index contributed by atoms with van der Waals surface area (Å²) in [6, 6.07) is 0. The molecule has 0 bridgehead atoms. The predicted molar refractivity (Wildman–Crippen MR) is 41.3 cm³/mol. The summed E-state index contributed by atoms with van der Waals surface area (Å²) in [4.78, 5) is 0. The molecule has 9 heavy (non-hydrogen) atoms. The van der Waals surface area contributed by atoms with Gasteiger partial charge in [0.2, 0.25) is 0 Å². The van der Waals surface area contributed by atoms with Crippen LogP contribution in [0.25, 0.3) is 0 Å². The van der Waals surface area contributed by atoms with Gasteiger partial charge in [0, 0.05) is 6.61 Å². The van der Waals surface area contributed by atoms with Gasteiger partial charge < -0.3 is 10.2 Å². The molecule has 0 saturated carbocycles. The lowest BCUT2D eigenvalue weighted by Crippen LogP contribution is -1.94. The van der Waals surface area contributed by atoms with Gasteiger partial charge in [0.1, 0.15) is 0 Å². The maximum absolute atomic E-state index is 8.75. The van der Waals surface area contributed by atoms with Crippen molar-refractivity contribution >= 4 is 9.24 Å². The minimum absolute atomic E-state index is 0.260. The van der Waals surface area contributed by atoms with Gasteiger partial charge in [0.25, 0.3) is 0 Å². The zero-order valence-corrected chi connectivity index (χ0v) is 6.74. The summed E-state index contributed by atoms with van der Waals surface area (Å²) >= 11 is 0. The van der Waals surface area contributed by atoms with Gasteiger partial charge in [-0.15, -0.1) is 9.24 Å². The van der Waals surface area contributed by atoms with Crippen LogP contribution in [0.15, 0.2) is 0 Å². The molecule has 0 aliphatic rings. The van der Waals surface area contributed by atoms with E-state index in [0.29, 0.717) is 0 Å². The van der Waals surface area contributed by atoms with Crippen molar-refractivity contribution in [3.63, 3.8) is 0 Å². The number of rotatable bonds is 5. The highest BCUT2D eigenvalue weighted by Crippen LogP contribution is 2.07. The second-order valence-corrected chi connectivity index (χ2v) is 2.91. The first kappa shape index (κ1) is 9.35. The van der Waals surface area contributed by atoms with Crippen LogP contribution in [0, 0.1) is 0 Å². The van der Waals surface area contributed by atoms with Crippen LogP contribution in [0.1, 0.15) is 25.7 Å². The lowest BCUT2D eigenvalue weighted by molar-refractivity contribution is 0.240. The molecule has 2 nitrogen and oxygen atoms in total. The number of hydrogen-bond donors (Lipinski definition) is 2. The Bertz CT molecular complexity index is 57.0. The van der Waals surface area contributed by atoms with Crippen LogP contribution in [-0.4, -0.2) is 22.7 Å². The average Bonchev–Trinajstić information content (AvgIpc) is 1.80. The Morgan fingerprint density at radius 1 is 1.22 bits per heavy atom. The summed E-state index contributed by atoms with van der Waals surface area (Å²) in [7, 11) is 2.34. The molecule has 0 heterocycles. The van der Waals surface area contributed by atoms with Crippen LogP contribution in [0.4, 0.5) is 0 Å². The number of unbranched alkanes of at least 4 members (excludes halogenated alkanes) is 2. The third kappa shape index (κ3) is 8.35.